The minimum absolute atomic E-state index is 0.658. The highest BCUT2D eigenvalue weighted by Crippen LogP contribution is 2.27. The third-order valence-corrected chi connectivity index (χ3v) is 4.68. The molecule has 7 heteroatoms. The predicted octanol–water partition coefficient (Wildman–Crippen LogP) is 2.77. The van der Waals surface area contributed by atoms with Crippen LogP contribution >= 0.6 is 11.3 Å². The van der Waals surface area contributed by atoms with E-state index < -0.39 is 0 Å². The van der Waals surface area contributed by atoms with Gasteiger partial charge in [-0.25, -0.2) is 4.98 Å². The molecule has 1 heterocycles. The standard InChI is InChI=1S/C18H26N4O2S/c1-13-12-25-17(22-13)6-5-9-20-18(19-2)21-11-14-7-8-15(23-3)16(10-14)24-4/h7-8,10,12H,5-6,9,11H2,1-4H3,(H2,19,20,21). The Hall–Kier alpha value is -2.28. The van der Waals surface area contributed by atoms with E-state index in [-0.39, 0.29) is 0 Å². The maximum atomic E-state index is 5.33. The number of hydrogen-bond donors (Lipinski definition) is 2. The summed E-state index contributed by atoms with van der Waals surface area (Å²) >= 11 is 1.72. The Kier molecular flexibility index (Phi) is 7.53. The number of nitrogens with zero attached hydrogens (tertiary/aromatic N) is 2. The van der Waals surface area contributed by atoms with E-state index in [9.17, 15) is 0 Å². The summed E-state index contributed by atoms with van der Waals surface area (Å²) in [5, 5.41) is 9.91. The number of benzene rings is 1. The molecular weight excluding hydrogens is 336 g/mol. The predicted molar refractivity (Wildman–Crippen MR) is 103 cm³/mol. The van der Waals surface area contributed by atoms with Gasteiger partial charge in [-0.15, -0.1) is 11.3 Å². The zero-order valence-electron chi connectivity index (χ0n) is 15.3. The lowest BCUT2D eigenvalue weighted by Gasteiger charge is -2.13. The molecule has 0 fully saturated rings. The van der Waals surface area contributed by atoms with Crippen molar-refractivity contribution in [1.29, 1.82) is 0 Å². The smallest absolute Gasteiger partial charge is 0.191 e. The molecule has 0 amide bonds. The third kappa shape index (κ3) is 5.94. The van der Waals surface area contributed by atoms with E-state index in [0.717, 1.165) is 48.1 Å². The molecule has 2 N–H and O–H groups in total. The number of thiazole rings is 1. The molecule has 25 heavy (non-hydrogen) atoms. The van der Waals surface area contributed by atoms with Crippen molar-refractivity contribution in [2.24, 2.45) is 4.99 Å². The molecule has 0 unspecified atom stereocenters. The Labute approximate surface area is 153 Å². The monoisotopic (exact) mass is 362 g/mol. The topological polar surface area (TPSA) is 67.8 Å². The Morgan fingerprint density at radius 1 is 1.20 bits per heavy atom. The van der Waals surface area contributed by atoms with Crippen LogP contribution < -0.4 is 20.1 Å². The molecule has 0 aliphatic rings. The van der Waals surface area contributed by atoms with E-state index in [0.29, 0.717) is 6.54 Å². The van der Waals surface area contributed by atoms with Gasteiger partial charge in [0.2, 0.25) is 0 Å². The molecule has 0 bridgehead atoms. The number of hydrogen-bond acceptors (Lipinski definition) is 5. The average molecular weight is 362 g/mol. The van der Waals surface area contributed by atoms with E-state index in [1.54, 1.807) is 32.6 Å². The first-order valence-corrected chi connectivity index (χ1v) is 9.10. The van der Waals surface area contributed by atoms with E-state index in [1.165, 1.54) is 5.01 Å². The van der Waals surface area contributed by atoms with Crippen molar-refractivity contribution in [1.82, 2.24) is 15.6 Å². The van der Waals surface area contributed by atoms with Gasteiger partial charge in [-0.05, 0) is 31.0 Å². The Morgan fingerprint density at radius 2 is 2.00 bits per heavy atom. The maximum absolute atomic E-state index is 5.33. The lowest BCUT2D eigenvalue weighted by Crippen LogP contribution is -2.37. The fourth-order valence-corrected chi connectivity index (χ4v) is 3.18. The van der Waals surface area contributed by atoms with Crippen LogP contribution in [-0.2, 0) is 13.0 Å². The van der Waals surface area contributed by atoms with Gasteiger partial charge in [0.15, 0.2) is 17.5 Å². The molecule has 0 saturated carbocycles. The van der Waals surface area contributed by atoms with Gasteiger partial charge >= 0.3 is 0 Å². The van der Waals surface area contributed by atoms with Crippen LogP contribution in [-0.4, -0.2) is 38.8 Å². The van der Waals surface area contributed by atoms with E-state index >= 15 is 0 Å². The van der Waals surface area contributed by atoms with Crippen LogP contribution in [0, 0.1) is 6.92 Å². The van der Waals surface area contributed by atoms with Gasteiger partial charge in [0.1, 0.15) is 0 Å². The van der Waals surface area contributed by atoms with Crippen LogP contribution in [0.2, 0.25) is 0 Å². The fourth-order valence-electron chi connectivity index (χ4n) is 2.36. The second kappa shape index (κ2) is 9.88. The van der Waals surface area contributed by atoms with Gasteiger partial charge < -0.3 is 20.1 Å². The molecular formula is C18H26N4O2S. The second-order valence-electron chi connectivity index (χ2n) is 5.53. The summed E-state index contributed by atoms with van der Waals surface area (Å²) in [5.41, 5.74) is 2.19. The summed E-state index contributed by atoms with van der Waals surface area (Å²) in [7, 11) is 5.04. The minimum atomic E-state index is 0.658. The van der Waals surface area contributed by atoms with Gasteiger partial charge in [-0.2, -0.15) is 0 Å². The third-order valence-electron chi connectivity index (χ3n) is 3.66. The number of aromatic nitrogens is 1. The van der Waals surface area contributed by atoms with Crippen molar-refractivity contribution in [3.05, 3.63) is 39.8 Å². The van der Waals surface area contributed by atoms with E-state index in [4.69, 9.17) is 9.47 Å². The Bertz CT molecular complexity index is 700. The van der Waals surface area contributed by atoms with Crippen LogP contribution in [0.3, 0.4) is 0 Å². The normalized spacial score (nSPS) is 11.3. The minimum Gasteiger partial charge on any atom is -0.493 e. The number of nitrogens with one attached hydrogen (secondary N) is 2. The van der Waals surface area contributed by atoms with Crippen molar-refractivity contribution in [3.63, 3.8) is 0 Å². The quantitative estimate of drug-likeness (QED) is 0.429. The molecule has 0 spiro atoms. The van der Waals surface area contributed by atoms with Gasteiger partial charge in [0, 0.05) is 37.6 Å². The van der Waals surface area contributed by atoms with Gasteiger partial charge in [0.05, 0.1) is 19.2 Å². The maximum Gasteiger partial charge on any atom is 0.191 e. The molecule has 0 radical (unpaired) electrons. The second-order valence-corrected chi connectivity index (χ2v) is 6.47. The first-order chi connectivity index (χ1) is 12.2. The van der Waals surface area contributed by atoms with Crippen molar-refractivity contribution in [2.45, 2.75) is 26.3 Å². The summed E-state index contributed by atoms with van der Waals surface area (Å²) in [6.45, 7) is 3.54. The number of methoxy groups -OCH3 is 2. The summed E-state index contributed by atoms with van der Waals surface area (Å²) in [6, 6.07) is 5.87. The molecule has 0 saturated heterocycles. The average Bonchev–Trinajstić information content (AvgIpc) is 3.06. The van der Waals surface area contributed by atoms with Gasteiger partial charge in [-0.3, -0.25) is 4.99 Å². The molecule has 2 rings (SSSR count). The molecule has 6 nitrogen and oxygen atoms in total. The number of guanidine groups is 1. The highest BCUT2D eigenvalue weighted by atomic mass is 32.1. The van der Waals surface area contributed by atoms with Crippen LogP contribution in [0.5, 0.6) is 11.5 Å². The largest absolute Gasteiger partial charge is 0.493 e. The van der Waals surface area contributed by atoms with Crippen molar-refractivity contribution in [3.8, 4) is 11.5 Å². The zero-order chi connectivity index (χ0) is 18.1. The molecule has 0 aliphatic heterocycles. The molecule has 2 aromatic rings. The summed E-state index contributed by atoms with van der Waals surface area (Å²) in [6.07, 6.45) is 2.00. The highest BCUT2D eigenvalue weighted by Gasteiger charge is 2.05. The van der Waals surface area contributed by atoms with Crippen molar-refractivity contribution >= 4 is 17.3 Å². The fraction of sp³-hybridized carbons (Fsp3) is 0.444. The van der Waals surface area contributed by atoms with Crippen LogP contribution in [0.1, 0.15) is 22.7 Å². The lowest BCUT2D eigenvalue weighted by molar-refractivity contribution is 0.354. The van der Waals surface area contributed by atoms with Crippen molar-refractivity contribution < 1.29 is 9.47 Å². The zero-order valence-corrected chi connectivity index (χ0v) is 16.1. The summed E-state index contributed by atoms with van der Waals surface area (Å²) in [4.78, 5) is 8.73. The molecule has 1 aromatic carbocycles. The Balaban J connectivity index is 1.76. The van der Waals surface area contributed by atoms with Crippen molar-refractivity contribution in [2.75, 3.05) is 27.8 Å². The molecule has 0 atom stereocenters. The SMILES string of the molecule is CN=C(NCCCc1nc(C)cs1)NCc1ccc(OC)c(OC)c1. The molecule has 1 aromatic heterocycles. The number of aliphatic imine (C=N–C) groups is 1. The first-order valence-electron chi connectivity index (χ1n) is 8.22. The van der Waals surface area contributed by atoms with Crippen LogP contribution in [0.15, 0.2) is 28.6 Å². The molecule has 0 aliphatic carbocycles. The number of ether oxygens (including phenoxy) is 2. The lowest BCUT2D eigenvalue weighted by atomic mass is 10.2. The summed E-state index contributed by atoms with van der Waals surface area (Å²) in [5.74, 6) is 2.24. The first kappa shape index (κ1) is 19.1. The van der Waals surface area contributed by atoms with E-state index in [2.05, 4.69) is 26.0 Å². The summed E-state index contributed by atoms with van der Waals surface area (Å²) < 4.78 is 10.6. The highest BCUT2D eigenvalue weighted by molar-refractivity contribution is 7.09. The Morgan fingerprint density at radius 3 is 2.64 bits per heavy atom. The molecule has 136 valence electrons. The number of rotatable bonds is 8. The number of aryl methyl sites for hydroxylation is 2. The van der Waals surface area contributed by atoms with Gasteiger partial charge in [0.25, 0.3) is 0 Å². The van der Waals surface area contributed by atoms with Gasteiger partial charge in [-0.1, -0.05) is 6.07 Å². The van der Waals surface area contributed by atoms with Crippen LogP contribution in [0.25, 0.3) is 0 Å². The van der Waals surface area contributed by atoms with Crippen LogP contribution in [0.4, 0.5) is 0 Å². The van der Waals surface area contributed by atoms with E-state index in [1.807, 2.05) is 25.1 Å².